The number of oxime groups is 1. The molecule has 0 bridgehead atoms. The van der Waals surface area contributed by atoms with Crippen LogP contribution in [0.15, 0.2) is 78.0 Å². The van der Waals surface area contributed by atoms with Gasteiger partial charge in [-0.2, -0.15) is 0 Å². The largest absolute Gasteiger partial charge is 0.334 e. The predicted molar refractivity (Wildman–Crippen MR) is 133 cm³/mol. The van der Waals surface area contributed by atoms with Crippen molar-refractivity contribution in [2.75, 3.05) is 11.4 Å². The van der Waals surface area contributed by atoms with Crippen molar-refractivity contribution in [3.8, 4) is 0 Å². The van der Waals surface area contributed by atoms with Gasteiger partial charge in [0.25, 0.3) is 5.69 Å². The highest BCUT2D eigenvalue weighted by molar-refractivity contribution is 6.44. The number of Topliss-reactive ketones (excluding diaryl/α,β-unsaturated/α-hetero) is 1. The molecule has 1 aliphatic rings. The van der Waals surface area contributed by atoms with Gasteiger partial charge >= 0.3 is 5.97 Å². The van der Waals surface area contributed by atoms with Gasteiger partial charge in [-0.25, -0.2) is 4.79 Å². The van der Waals surface area contributed by atoms with E-state index in [1.165, 1.54) is 13.0 Å². The number of hydrogen-bond donors (Lipinski definition) is 0. The first-order valence-corrected chi connectivity index (χ1v) is 11.2. The van der Waals surface area contributed by atoms with Gasteiger partial charge in [-0.15, -0.1) is 0 Å². The number of nitrogens with zero attached hydrogens (tertiary/aromatic N) is 3. The Morgan fingerprint density at radius 1 is 1.03 bits per heavy atom. The van der Waals surface area contributed by atoms with Crippen LogP contribution in [-0.4, -0.2) is 28.9 Å². The Bertz CT molecular complexity index is 1350. The Labute approximate surface area is 203 Å². The van der Waals surface area contributed by atoms with E-state index < -0.39 is 16.3 Å². The molecule has 178 valence electrons. The topological polar surface area (TPSA) is 102 Å². The van der Waals surface area contributed by atoms with Crippen molar-refractivity contribution in [1.29, 1.82) is 0 Å². The van der Waals surface area contributed by atoms with Crippen molar-refractivity contribution in [1.82, 2.24) is 0 Å². The lowest BCUT2D eigenvalue weighted by Gasteiger charge is -2.25. The van der Waals surface area contributed by atoms with Crippen LogP contribution in [0.3, 0.4) is 0 Å². The summed E-state index contributed by atoms with van der Waals surface area (Å²) < 4.78 is 0. The number of aryl methyl sites for hydroxylation is 1. The molecule has 0 saturated carbocycles. The van der Waals surface area contributed by atoms with Gasteiger partial charge in [-0.1, -0.05) is 59.8 Å². The average molecular weight is 472 g/mol. The van der Waals surface area contributed by atoms with E-state index in [-0.39, 0.29) is 30.1 Å². The maximum atomic E-state index is 14.1. The van der Waals surface area contributed by atoms with Crippen LogP contribution < -0.4 is 4.90 Å². The number of nitro groups is 1. The molecular formula is C27H25N3O5. The first-order chi connectivity index (χ1) is 16.7. The fourth-order valence-electron chi connectivity index (χ4n) is 4.50. The zero-order valence-corrected chi connectivity index (χ0v) is 19.7. The van der Waals surface area contributed by atoms with E-state index in [0.29, 0.717) is 11.4 Å². The fourth-order valence-corrected chi connectivity index (χ4v) is 4.50. The highest BCUT2D eigenvalue weighted by Gasteiger charge is 2.47. The number of para-hydroxylation sites is 3. The van der Waals surface area contributed by atoms with Gasteiger partial charge in [0.15, 0.2) is 5.78 Å². The number of carbonyl (C=O) groups is 2. The zero-order valence-electron chi connectivity index (χ0n) is 19.7. The molecule has 0 spiro atoms. The molecule has 8 heteroatoms. The molecule has 0 saturated heterocycles. The smallest absolute Gasteiger partial charge is 0.331 e. The number of rotatable bonds is 7. The van der Waals surface area contributed by atoms with Crippen LogP contribution in [0.5, 0.6) is 0 Å². The van der Waals surface area contributed by atoms with Crippen molar-refractivity contribution in [3.05, 3.63) is 99.6 Å². The Hall–Kier alpha value is -4.33. The Morgan fingerprint density at radius 3 is 2.34 bits per heavy atom. The van der Waals surface area contributed by atoms with Gasteiger partial charge < -0.3 is 9.74 Å². The minimum atomic E-state index is -1.08. The summed E-state index contributed by atoms with van der Waals surface area (Å²) in [6, 6.07) is 21.4. The predicted octanol–water partition coefficient (Wildman–Crippen LogP) is 5.04. The van der Waals surface area contributed by atoms with Gasteiger partial charge in [-0.3, -0.25) is 14.9 Å². The summed E-state index contributed by atoms with van der Waals surface area (Å²) in [4.78, 5) is 43.6. The lowest BCUT2D eigenvalue weighted by Crippen LogP contribution is -2.42. The SMILES string of the molecule is CC(=O)O/N=C(\Cc1ccccc1C)C(=O)C1(C)CN(c2ccccc2[N+](=O)[O-])c2ccccc21. The summed E-state index contributed by atoms with van der Waals surface area (Å²) >= 11 is 0. The number of ketones is 1. The minimum absolute atomic E-state index is 0.0484. The Balaban J connectivity index is 1.79. The second kappa shape index (κ2) is 9.50. The fraction of sp³-hybridized carbons (Fsp3) is 0.222. The molecule has 1 unspecified atom stereocenters. The lowest BCUT2D eigenvalue weighted by molar-refractivity contribution is -0.384. The molecule has 4 rings (SSSR count). The molecule has 3 aromatic rings. The average Bonchev–Trinajstić information content (AvgIpc) is 3.16. The molecule has 35 heavy (non-hydrogen) atoms. The highest BCUT2D eigenvalue weighted by Crippen LogP contribution is 2.47. The van der Waals surface area contributed by atoms with Crippen LogP contribution in [0, 0.1) is 17.0 Å². The lowest BCUT2D eigenvalue weighted by atomic mass is 9.77. The molecule has 3 aromatic carbocycles. The van der Waals surface area contributed by atoms with Crippen molar-refractivity contribution in [3.63, 3.8) is 0 Å². The van der Waals surface area contributed by atoms with Crippen molar-refractivity contribution < 1.29 is 19.3 Å². The van der Waals surface area contributed by atoms with Crippen LogP contribution >= 0.6 is 0 Å². The van der Waals surface area contributed by atoms with E-state index in [9.17, 15) is 19.7 Å². The Morgan fingerprint density at radius 2 is 1.66 bits per heavy atom. The second-order valence-electron chi connectivity index (χ2n) is 8.73. The number of fused-ring (bicyclic) bond motifs is 1. The summed E-state index contributed by atoms with van der Waals surface area (Å²) in [5.74, 6) is -0.936. The number of carbonyl (C=O) groups excluding carboxylic acids is 2. The minimum Gasteiger partial charge on any atom is -0.334 e. The molecule has 1 heterocycles. The van der Waals surface area contributed by atoms with Crippen molar-refractivity contribution >= 4 is 34.5 Å². The molecule has 0 N–H and O–H groups in total. The van der Waals surface area contributed by atoms with Gasteiger partial charge in [0.1, 0.15) is 11.4 Å². The maximum Gasteiger partial charge on any atom is 0.331 e. The molecule has 0 amide bonds. The standard InChI is InChI=1S/C27H25N3O5/c1-18-10-4-5-11-20(18)16-22(28-35-19(2)31)26(32)27(3)17-29(23-13-7-6-12-21(23)27)24-14-8-9-15-25(24)30(33)34/h4-15H,16-17H2,1-3H3/b28-22+. The summed E-state index contributed by atoms with van der Waals surface area (Å²) in [5, 5.41) is 15.7. The second-order valence-corrected chi connectivity index (χ2v) is 8.73. The molecular weight excluding hydrogens is 446 g/mol. The zero-order chi connectivity index (χ0) is 25.2. The van der Waals surface area contributed by atoms with Crippen molar-refractivity contribution in [2.24, 2.45) is 5.16 Å². The molecule has 1 atom stereocenters. The monoisotopic (exact) mass is 471 g/mol. The van der Waals surface area contributed by atoms with E-state index in [4.69, 9.17) is 4.84 Å². The van der Waals surface area contributed by atoms with Gasteiger partial charge in [0.2, 0.25) is 0 Å². The first-order valence-electron chi connectivity index (χ1n) is 11.2. The van der Waals surface area contributed by atoms with Crippen LogP contribution in [0.1, 0.15) is 30.5 Å². The molecule has 8 nitrogen and oxygen atoms in total. The molecule has 1 aliphatic heterocycles. The van der Waals surface area contributed by atoms with E-state index in [1.807, 2.05) is 55.5 Å². The third-order valence-corrected chi connectivity index (χ3v) is 6.30. The van der Waals surface area contributed by atoms with Gasteiger partial charge in [0.05, 0.1) is 10.3 Å². The van der Waals surface area contributed by atoms with E-state index >= 15 is 0 Å². The van der Waals surface area contributed by atoms with Crippen LogP contribution in [0.2, 0.25) is 0 Å². The van der Waals surface area contributed by atoms with E-state index in [0.717, 1.165) is 16.7 Å². The number of benzene rings is 3. The van der Waals surface area contributed by atoms with Gasteiger partial charge in [-0.05, 0) is 42.7 Å². The van der Waals surface area contributed by atoms with Crippen LogP contribution in [0.4, 0.5) is 17.1 Å². The summed E-state index contributed by atoms with van der Waals surface area (Å²) in [7, 11) is 0. The summed E-state index contributed by atoms with van der Waals surface area (Å²) in [6.45, 7) is 5.13. The molecule has 0 radical (unpaired) electrons. The van der Waals surface area contributed by atoms with E-state index in [2.05, 4.69) is 5.16 Å². The highest BCUT2D eigenvalue weighted by atomic mass is 16.7. The summed E-state index contributed by atoms with van der Waals surface area (Å²) in [5.41, 5.74) is 2.68. The van der Waals surface area contributed by atoms with Crippen LogP contribution in [-0.2, 0) is 26.3 Å². The number of anilines is 2. The van der Waals surface area contributed by atoms with Gasteiger partial charge in [0, 0.05) is 31.6 Å². The Kier molecular flexibility index (Phi) is 6.46. The maximum absolute atomic E-state index is 14.1. The first kappa shape index (κ1) is 23.8. The normalized spacial score (nSPS) is 17.1. The molecule has 0 aliphatic carbocycles. The third kappa shape index (κ3) is 4.55. The molecule has 0 fully saturated rings. The number of nitro benzene ring substituents is 1. The quantitative estimate of drug-likeness (QED) is 0.207. The van der Waals surface area contributed by atoms with Crippen LogP contribution in [0.25, 0.3) is 0 Å². The summed E-state index contributed by atoms with van der Waals surface area (Å²) in [6.07, 6.45) is 0.183. The van der Waals surface area contributed by atoms with Crippen molar-refractivity contribution in [2.45, 2.75) is 32.6 Å². The third-order valence-electron chi connectivity index (χ3n) is 6.30. The van der Waals surface area contributed by atoms with E-state index in [1.54, 1.807) is 30.0 Å². The molecule has 0 aromatic heterocycles. The number of hydrogen-bond acceptors (Lipinski definition) is 7.